The molecule has 118 valence electrons. The maximum Gasteiger partial charge on any atom is 0.130 e. The third kappa shape index (κ3) is 3.59. The highest BCUT2D eigenvalue weighted by molar-refractivity contribution is 5.24. The van der Waals surface area contributed by atoms with E-state index in [-0.39, 0.29) is 18.2 Å². The predicted octanol–water partition coefficient (Wildman–Crippen LogP) is 2.38. The van der Waals surface area contributed by atoms with Gasteiger partial charge in [0.05, 0.1) is 6.04 Å². The predicted molar refractivity (Wildman–Crippen MR) is 81.1 cm³/mol. The molecule has 2 atom stereocenters. The second-order valence-corrected chi connectivity index (χ2v) is 5.80. The lowest BCUT2D eigenvalue weighted by Crippen LogP contribution is -2.44. The first-order chi connectivity index (χ1) is 10.1. The highest BCUT2D eigenvalue weighted by Crippen LogP contribution is 2.29. The third-order valence-electron chi connectivity index (χ3n) is 4.38. The van der Waals surface area contributed by atoms with Gasteiger partial charge in [0.25, 0.3) is 0 Å². The van der Waals surface area contributed by atoms with Crippen molar-refractivity contribution < 1.29 is 8.78 Å². The van der Waals surface area contributed by atoms with Gasteiger partial charge >= 0.3 is 0 Å². The van der Waals surface area contributed by atoms with E-state index >= 15 is 0 Å². The minimum absolute atomic E-state index is 0.114. The Morgan fingerprint density at radius 1 is 1.29 bits per heavy atom. The van der Waals surface area contributed by atoms with Crippen LogP contribution in [0, 0.1) is 11.6 Å². The van der Waals surface area contributed by atoms with Crippen LogP contribution in [0.25, 0.3) is 0 Å². The molecule has 2 N–H and O–H groups in total. The molecule has 1 aliphatic rings. The zero-order valence-electron chi connectivity index (χ0n) is 12.9. The molecule has 3 nitrogen and oxygen atoms in total. The number of likely N-dealkylation sites (N-methyl/N-ethyl adjacent to an activating group) is 1. The molecule has 2 unspecified atom stereocenters. The molecule has 1 heterocycles. The molecule has 1 aliphatic heterocycles. The maximum atomic E-state index is 14.1. The second kappa shape index (κ2) is 7.29. The zero-order chi connectivity index (χ0) is 15.4. The Balaban J connectivity index is 2.34. The highest BCUT2D eigenvalue weighted by atomic mass is 19.1. The third-order valence-corrected chi connectivity index (χ3v) is 4.38. The molecule has 0 spiro atoms. The van der Waals surface area contributed by atoms with E-state index in [1.807, 2.05) is 0 Å². The van der Waals surface area contributed by atoms with Gasteiger partial charge in [-0.15, -0.1) is 0 Å². The van der Waals surface area contributed by atoms with Gasteiger partial charge in [-0.3, -0.25) is 4.90 Å². The van der Waals surface area contributed by atoms with Crippen LogP contribution in [0.5, 0.6) is 0 Å². The molecule has 1 aromatic carbocycles. The van der Waals surface area contributed by atoms with Crippen molar-refractivity contribution in [1.82, 2.24) is 9.80 Å². The van der Waals surface area contributed by atoms with Gasteiger partial charge in [0.2, 0.25) is 0 Å². The minimum Gasteiger partial charge on any atom is -0.329 e. The lowest BCUT2D eigenvalue weighted by Gasteiger charge is -2.37. The molecule has 0 bridgehead atoms. The first-order valence-corrected chi connectivity index (χ1v) is 7.66. The monoisotopic (exact) mass is 297 g/mol. The molecular weight excluding hydrogens is 272 g/mol. The first kappa shape index (κ1) is 16.3. The van der Waals surface area contributed by atoms with Crippen molar-refractivity contribution in [3.63, 3.8) is 0 Å². The lowest BCUT2D eigenvalue weighted by molar-refractivity contribution is 0.126. The number of halogens is 2. The number of benzene rings is 1. The van der Waals surface area contributed by atoms with Crippen molar-refractivity contribution >= 4 is 0 Å². The molecule has 1 fully saturated rings. The Morgan fingerprint density at radius 2 is 1.95 bits per heavy atom. The van der Waals surface area contributed by atoms with Crippen LogP contribution in [0.4, 0.5) is 8.78 Å². The van der Waals surface area contributed by atoms with Gasteiger partial charge < -0.3 is 10.6 Å². The van der Waals surface area contributed by atoms with Crippen LogP contribution >= 0.6 is 0 Å². The molecule has 0 amide bonds. The summed E-state index contributed by atoms with van der Waals surface area (Å²) in [6.45, 7) is 5.06. The minimum atomic E-state index is -0.502. The van der Waals surface area contributed by atoms with Crippen molar-refractivity contribution in [1.29, 1.82) is 0 Å². The van der Waals surface area contributed by atoms with Gasteiger partial charge in [-0.05, 0) is 38.6 Å². The van der Waals surface area contributed by atoms with Gasteiger partial charge in [0.15, 0.2) is 0 Å². The number of hydrogen-bond donors (Lipinski definition) is 1. The summed E-state index contributed by atoms with van der Waals surface area (Å²) in [6.07, 6.45) is 1.93. The molecule has 1 aromatic rings. The Bertz CT molecular complexity index is 447. The molecule has 2 rings (SSSR count). The Kier molecular flexibility index (Phi) is 5.67. The van der Waals surface area contributed by atoms with E-state index in [0.717, 1.165) is 32.5 Å². The van der Waals surface area contributed by atoms with Gasteiger partial charge in [0, 0.05) is 31.2 Å². The fourth-order valence-electron chi connectivity index (χ4n) is 3.28. The summed E-state index contributed by atoms with van der Waals surface area (Å²) in [7, 11) is 2.09. The largest absolute Gasteiger partial charge is 0.329 e. The SMILES string of the molecule is CCC1CN(C)CCCN1C(CN)c1c(F)cccc1F. The molecule has 21 heavy (non-hydrogen) atoms. The Labute approximate surface area is 125 Å². The van der Waals surface area contributed by atoms with Crippen LogP contribution in [0.3, 0.4) is 0 Å². The summed E-state index contributed by atoms with van der Waals surface area (Å²) in [5.74, 6) is -1.00. The van der Waals surface area contributed by atoms with Crippen molar-refractivity contribution in [3.8, 4) is 0 Å². The number of nitrogens with zero attached hydrogens (tertiary/aromatic N) is 2. The average Bonchev–Trinajstić information content (AvgIpc) is 2.64. The summed E-state index contributed by atoms with van der Waals surface area (Å²) in [5, 5.41) is 0. The van der Waals surface area contributed by atoms with Gasteiger partial charge in [-0.25, -0.2) is 8.78 Å². The summed E-state index contributed by atoms with van der Waals surface area (Å²) < 4.78 is 28.2. The average molecular weight is 297 g/mol. The van der Waals surface area contributed by atoms with E-state index in [4.69, 9.17) is 5.73 Å². The second-order valence-electron chi connectivity index (χ2n) is 5.80. The van der Waals surface area contributed by atoms with E-state index in [2.05, 4.69) is 23.8 Å². The van der Waals surface area contributed by atoms with E-state index in [9.17, 15) is 8.78 Å². The normalized spacial score (nSPS) is 23.0. The number of hydrogen-bond acceptors (Lipinski definition) is 3. The van der Waals surface area contributed by atoms with Crippen molar-refractivity contribution in [2.24, 2.45) is 5.73 Å². The van der Waals surface area contributed by atoms with E-state index in [1.54, 1.807) is 0 Å². The van der Waals surface area contributed by atoms with Crippen LogP contribution in [-0.4, -0.2) is 49.1 Å². The lowest BCUT2D eigenvalue weighted by atomic mass is 10.0. The van der Waals surface area contributed by atoms with Crippen molar-refractivity contribution in [2.75, 3.05) is 33.2 Å². The van der Waals surface area contributed by atoms with Crippen molar-refractivity contribution in [3.05, 3.63) is 35.4 Å². The van der Waals surface area contributed by atoms with Crippen LogP contribution in [0.15, 0.2) is 18.2 Å². The fourth-order valence-corrected chi connectivity index (χ4v) is 3.28. The molecule has 0 saturated carbocycles. The Morgan fingerprint density at radius 3 is 2.52 bits per heavy atom. The maximum absolute atomic E-state index is 14.1. The van der Waals surface area contributed by atoms with Crippen LogP contribution < -0.4 is 5.73 Å². The van der Waals surface area contributed by atoms with E-state index in [1.165, 1.54) is 18.2 Å². The van der Waals surface area contributed by atoms with Gasteiger partial charge in [0.1, 0.15) is 11.6 Å². The highest BCUT2D eigenvalue weighted by Gasteiger charge is 2.31. The summed E-state index contributed by atoms with van der Waals surface area (Å²) in [5.41, 5.74) is 6.00. The molecule has 0 radical (unpaired) electrons. The molecule has 0 aliphatic carbocycles. The first-order valence-electron chi connectivity index (χ1n) is 7.66. The fraction of sp³-hybridized carbons (Fsp3) is 0.625. The van der Waals surface area contributed by atoms with E-state index < -0.39 is 17.7 Å². The molecular formula is C16H25F2N3. The summed E-state index contributed by atoms with van der Waals surface area (Å²) >= 11 is 0. The molecule has 1 saturated heterocycles. The van der Waals surface area contributed by atoms with Crippen molar-refractivity contribution in [2.45, 2.75) is 31.8 Å². The summed E-state index contributed by atoms with van der Waals surface area (Å²) in [6, 6.07) is 3.89. The Hall–Kier alpha value is -1.04. The number of rotatable bonds is 4. The van der Waals surface area contributed by atoms with Gasteiger partial charge in [-0.1, -0.05) is 13.0 Å². The smallest absolute Gasteiger partial charge is 0.130 e. The standard InChI is InChI=1S/C16H25F2N3/c1-3-12-11-20(2)8-5-9-21(12)15(10-19)16-13(17)6-4-7-14(16)18/h4,6-7,12,15H,3,5,8-11,19H2,1-2H3. The van der Waals surface area contributed by atoms with E-state index in [0.29, 0.717) is 0 Å². The van der Waals surface area contributed by atoms with Crippen LogP contribution in [-0.2, 0) is 0 Å². The summed E-state index contributed by atoms with van der Waals surface area (Å²) in [4.78, 5) is 4.46. The van der Waals surface area contributed by atoms with Crippen LogP contribution in [0.1, 0.15) is 31.4 Å². The molecule has 5 heteroatoms. The van der Waals surface area contributed by atoms with Crippen LogP contribution in [0.2, 0.25) is 0 Å². The van der Waals surface area contributed by atoms with Gasteiger partial charge in [-0.2, -0.15) is 0 Å². The molecule has 0 aromatic heterocycles. The number of nitrogens with two attached hydrogens (primary N) is 1. The topological polar surface area (TPSA) is 32.5 Å². The zero-order valence-corrected chi connectivity index (χ0v) is 12.9. The quantitative estimate of drug-likeness (QED) is 0.926.